The molecular formula is C13H17N3OS3. The number of nitrogens with zero attached hydrogens (tertiary/aromatic N) is 2. The van der Waals surface area contributed by atoms with Gasteiger partial charge in [0.05, 0.1) is 7.11 Å². The Kier molecular flexibility index (Phi) is 6.15. The Morgan fingerprint density at radius 2 is 1.95 bits per heavy atom. The van der Waals surface area contributed by atoms with Gasteiger partial charge in [-0.3, -0.25) is 0 Å². The largest absolute Gasteiger partial charge is 0.497 e. The Bertz CT molecular complexity index is 530. The van der Waals surface area contributed by atoms with Gasteiger partial charge in [-0.1, -0.05) is 47.0 Å². The molecular weight excluding hydrogens is 310 g/mol. The molecule has 0 aliphatic heterocycles. The summed E-state index contributed by atoms with van der Waals surface area (Å²) >= 11 is 5.01. The van der Waals surface area contributed by atoms with E-state index in [0.717, 1.165) is 20.2 Å². The number of benzene rings is 1. The maximum absolute atomic E-state index is 5.18. The van der Waals surface area contributed by atoms with Crippen molar-refractivity contribution in [2.45, 2.75) is 14.7 Å². The second-order valence-electron chi connectivity index (χ2n) is 3.96. The number of hydrogen-bond donors (Lipinski definition) is 1. The molecule has 108 valence electrons. The lowest BCUT2D eigenvalue weighted by Crippen LogP contribution is -2.18. The Balaban J connectivity index is 1.97. The molecule has 2 rings (SSSR count). The SMILES string of the molecule is CNC(CSc1nnc(SC)s1)c1ccc(OC)cc1. The molecule has 1 aromatic carbocycles. The van der Waals surface area contributed by atoms with Gasteiger partial charge in [0, 0.05) is 11.8 Å². The second-order valence-corrected chi connectivity index (χ2v) is 7.26. The van der Waals surface area contributed by atoms with E-state index in [1.165, 1.54) is 5.56 Å². The van der Waals surface area contributed by atoms with E-state index in [1.807, 2.05) is 25.4 Å². The molecule has 4 nitrogen and oxygen atoms in total. The summed E-state index contributed by atoms with van der Waals surface area (Å²) in [6, 6.07) is 8.44. The third-order valence-electron chi connectivity index (χ3n) is 2.80. The molecule has 1 heterocycles. The lowest BCUT2D eigenvalue weighted by Gasteiger charge is -2.15. The first kappa shape index (κ1) is 15.6. The summed E-state index contributed by atoms with van der Waals surface area (Å²) in [5, 5.41) is 11.6. The average molecular weight is 328 g/mol. The number of hydrogen-bond acceptors (Lipinski definition) is 7. The molecule has 0 saturated heterocycles. The Hall–Kier alpha value is -0.760. The van der Waals surface area contributed by atoms with Crippen molar-refractivity contribution >= 4 is 34.9 Å². The van der Waals surface area contributed by atoms with Crippen LogP contribution in [0, 0.1) is 0 Å². The van der Waals surface area contributed by atoms with Crippen molar-refractivity contribution in [1.82, 2.24) is 15.5 Å². The third kappa shape index (κ3) is 4.12. The van der Waals surface area contributed by atoms with E-state index in [0.29, 0.717) is 0 Å². The van der Waals surface area contributed by atoms with E-state index in [9.17, 15) is 0 Å². The zero-order valence-corrected chi connectivity index (χ0v) is 14.1. The Morgan fingerprint density at radius 3 is 2.50 bits per heavy atom. The molecule has 2 aromatic rings. The number of rotatable bonds is 7. The van der Waals surface area contributed by atoms with Crippen LogP contribution in [0.15, 0.2) is 32.9 Å². The minimum atomic E-state index is 0.285. The van der Waals surface area contributed by atoms with Gasteiger partial charge in [-0.2, -0.15) is 0 Å². The number of nitrogens with one attached hydrogen (secondary N) is 1. The quantitative estimate of drug-likeness (QED) is 0.787. The van der Waals surface area contributed by atoms with Crippen molar-refractivity contribution in [3.8, 4) is 5.75 Å². The monoisotopic (exact) mass is 327 g/mol. The van der Waals surface area contributed by atoms with Crippen molar-refractivity contribution in [3.05, 3.63) is 29.8 Å². The highest BCUT2D eigenvalue weighted by atomic mass is 32.2. The van der Waals surface area contributed by atoms with Gasteiger partial charge < -0.3 is 10.1 Å². The van der Waals surface area contributed by atoms with Gasteiger partial charge in [0.25, 0.3) is 0 Å². The molecule has 1 N–H and O–H groups in total. The predicted octanol–water partition coefficient (Wildman–Crippen LogP) is 3.32. The molecule has 20 heavy (non-hydrogen) atoms. The first-order valence-electron chi connectivity index (χ1n) is 6.08. The Labute approximate surface area is 131 Å². The maximum Gasteiger partial charge on any atom is 0.175 e. The van der Waals surface area contributed by atoms with Crippen molar-refractivity contribution in [2.24, 2.45) is 0 Å². The zero-order valence-electron chi connectivity index (χ0n) is 11.6. The molecule has 1 aromatic heterocycles. The van der Waals surface area contributed by atoms with Crippen LogP contribution in [0.1, 0.15) is 11.6 Å². The van der Waals surface area contributed by atoms with E-state index >= 15 is 0 Å². The van der Waals surface area contributed by atoms with Crippen LogP contribution >= 0.6 is 34.9 Å². The van der Waals surface area contributed by atoms with Crippen LogP contribution < -0.4 is 10.1 Å². The number of thioether (sulfide) groups is 2. The summed E-state index contributed by atoms with van der Waals surface area (Å²) in [4.78, 5) is 0. The Morgan fingerprint density at radius 1 is 1.25 bits per heavy atom. The van der Waals surface area contributed by atoms with Gasteiger partial charge in [-0.05, 0) is 31.0 Å². The third-order valence-corrected chi connectivity index (χ3v) is 5.93. The summed E-state index contributed by atoms with van der Waals surface area (Å²) in [5.41, 5.74) is 1.25. The fourth-order valence-electron chi connectivity index (χ4n) is 1.68. The lowest BCUT2D eigenvalue weighted by molar-refractivity contribution is 0.414. The van der Waals surface area contributed by atoms with E-state index in [2.05, 4.69) is 27.6 Å². The number of ether oxygens (including phenoxy) is 1. The molecule has 0 bridgehead atoms. The maximum atomic E-state index is 5.18. The smallest absolute Gasteiger partial charge is 0.175 e. The summed E-state index contributed by atoms with van der Waals surface area (Å²) < 4.78 is 7.21. The van der Waals surface area contributed by atoms with Gasteiger partial charge in [-0.25, -0.2) is 0 Å². The zero-order chi connectivity index (χ0) is 14.4. The summed E-state index contributed by atoms with van der Waals surface area (Å²) in [7, 11) is 3.65. The van der Waals surface area contributed by atoms with Crippen LogP contribution in [0.4, 0.5) is 0 Å². The highest BCUT2D eigenvalue weighted by molar-refractivity contribution is 8.02. The number of aromatic nitrogens is 2. The predicted molar refractivity (Wildman–Crippen MR) is 87.2 cm³/mol. The van der Waals surface area contributed by atoms with Gasteiger partial charge in [0.15, 0.2) is 8.68 Å². The molecule has 0 fully saturated rings. The van der Waals surface area contributed by atoms with Gasteiger partial charge in [0.1, 0.15) is 5.75 Å². The molecule has 1 atom stereocenters. The molecule has 0 aliphatic carbocycles. The van der Waals surface area contributed by atoms with Crippen LogP contribution in [0.5, 0.6) is 5.75 Å². The van der Waals surface area contributed by atoms with Crippen LogP contribution in [-0.4, -0.2) is 36.4 Å². The molecule has 7 heteroatoms. The molecule has 0 spiro atoms. The van der Waals surface area contributed by atoms with E-state index < -0.39 is 0 Å². The van der Waals surface area contributed by atoms with E-state index in [1.54, 1.807) is 42.0 Å². The molecule has 0 aliphatic rings. The van der Waals surface area contributed by atoms with Crippen LogP contribution in [0.25, 0.3) is 0 Å². The molecule has 0 amide bonds. The lowest BCUT2D eigenvalue weighted by atomic mass is 10.1. The van der Waals surface area contributed by atoms with Crippen LogP contribution in [0.2, 0.25) is 0 Å². The topological polar surface area (TPSA) is 47.0 Å². The molecule has 0 saturated carbocycles. The standard InChI is InChI=1S/C13H17N3OS3/c1-14-11(9-4-6-10(17-2)7-5-9)8-19-13-16-15-12(18-3)20-13/h4-7,11,14H,8H2,1-3H3. The molecule has 0 radical (unpaired) electrons. The van der Waals surface area contributed by atoms with Gasteiger partial charge >= 0.3 is 0 Å². The highest BCUT2D eigenvalue weighted by Gasteiger charge is 2.12. The van der Waals surface area contributed by atoms with E-state index in [-0.39, 0.29) is 6.04 Å². The first-order valence-corrected chi connectivity index (χ1v) is 9.11. The fraction of sp³-hybridized carbons (Fsp3) is 0.385. The van der Waals surface area contributed by atoms with Gasteiger partial charge in [-0.15, -0.1) is 10.2 Å². The van der Waals surface area contributed by atoms with Crippen LogP contribution in [-0.2, 0) is 0 Å². The van der Waals surface area contributed by atoms with E-state index in [4.69, 9.17) is 4.74 Å². The van der Waals surface area contributed by atoms with Crippen molar-refractivity contribution in [3.63, 3.8) is 0 Å². The number of methoxy groups -OCH3 is 1. The normalized spacial score (nSPS) is 12.3. The van der Waals surface area contributed by atoms with Gasteiger partial charge in [0.2, 0.25) is 0 Å². The van der Waals surface area contributed by atoms with Crippen LogP contribution in [0.3, 0.4) is 0 Å². The van der Waals surface area contributed by atoms with Crippen molar-refractivity contribution in [2.75, 3.05) is 26.2 Å². The minimum absolute atomic E-state index is 0.285. The highest BCUT2D eigenvalue weighted by Crippen LogP contribution is 2.30. The summed E-state index contributed by atoms with van der Waals surface area (Å²) in [5.74, 6) is 1.80. The fourth-order valence-corrected chi connectivity index (χ4v) is 4.28. The average Bonchev–Trinajstić information content (AvgIpc) is 2.96. The van der Waals surface area contributed by atoms with Crippen molar-refractivity contribution in [1.29, 1.82) is 0 Å². The first-order chi connectivity index (χ1) is 9.76. The molecule has 1 unspecified atom stereocenters. The summed E-state index contributed by atoms with van der Waals surface area (Å²) in [6.07, 6.45) is 2.02. The van der Waals surface area contributed by atoms with Crippen molar-refractivity contribution < 1.29 is 4.74 Å². The minimum Gasteiger partial charge on any atom is -0.497 e. The summed E-state index contributed by atoms with van der Waals surface area (Å²) in [6.45, 7) is 0. The second kappa shape index (κ2) is 7.87.